The Bertz CT molecular complexity index is 712. The zero-order valence-electron chi connectivity index (χ0n) is 11.0. The first-order chi connectivity index (χ1) is 8.90. The van der Waals surface area contributed by atoms with Crippen LogP contribution in [-0.4, -0.2) is 9.55 Å². The zero-order valence-corrected chi connectivity index (χ0v) is 12.6. The Morgan fingerprint density at radius 1 is 1.37 bits per heavy atom. The van der Waals surface area contributed by atoms with E-state index in [0.29, 0.717) is 5.56 Å². The number of aromatic amines is 1. The largest absolute Gasteiger partial charge is 0.329 e. The number of H-pyrrole nitrogens is 1. The van der Waals surface area contributed by atoms with Crippen molar-refractivity contribution in [2.45, 2.75) is 33.2 Å². The van der Waals surface area contributed by atoms with Gasteiger partial charge in [0.1, 0.15) is 5.15 Å². The van der Waals surface area contributed by atoms with Gasteiger partial charge < -0.3 is 0 Å². The average molecular weight is 299 g/mol. The molecule has 0 atom stereocenters. The van der Waals surface area contributed by atoms with Crippen molar-refractivity contribution in [3.8, 4) is 0 Å². The van der Waals surface area contributed by atoms with Gasteiger partial charge in [0.25, 0.3) is 5.56 Å². The quantitative estimate of drug-likeness (QED) is 0.886. The van der Waals surface area contributed by atoms with Gasteiger partial charge in [0.05, 0.1) is 12.1 Å². The third kappa shape index (κ3) is 2.82. The van der Waals surface area contributed by atoms with E-state index in [1.54, 1.807) is 11.3 Å². The third-order valence-electron chi connectivity index (χ3n) is 2.86. The number of hydrogen-bond donors (Lipinski definition) is 1. The zero-order chi connectivity index (χ0) is 14.2. The van der Waals surface area contributed by atoms with Crippen molar-refractivity contribution >= 4 is 22.9 Å². The summed E-state index contributed by atoms with van der Waals surface area (Å²) in [5, 5.41) is 0.142. The SMILES string of the molecule is Cc1ccc(Cn2c(=O)[nH]c(Cl)c(C(C)C)c2=O)s1. The molecule has 0 spiro atoms. The van der Waals surface area contributed by atoms with Crippen molar-refractivity contribution in [1.82, 2.24) is 9.55 Å². The molecule has 4 nitrogen and oxygen atoms in total. The van der Waals surface area contributed by atoms with E-state index in [1.807, 2.05) is 32.9 Å². The van der Waals surface area contributed by atoms with Gasteiger partial charge in [-0.1, -0.05) is 25.4 Å². The van der Waals surface area contributed by atoms with Gasteiger partial charge in [0.2, 0.25) is 0 Å². The number of aromatic nitrogens is 2. The predicted octanol–water partition coefficient (Wildman–Crippen LogP) is 2.73. The average Bonchev–Trinajstić information content (AvgIpc) is 2.69. The molecule has 6 heteroatoms. The van der Waals surface area contributed by atoms with Crippen LogP contribution in [0.4, 0.5) is 0 Å². The van der Waals surface area contributed by atoms with E-state index in [-0.39, 0.29) is 23.2 Å². The molecule has 0 fully saturated rings. The summed E-state index contributed by atoms with van der Waals surface area (Å²) in [5.74, 6) is -0.0341. The first kappa shape index (κ1) is 14.1. The van der Waals surface area contributed by atoms with Crippen LogP contribution in [0.15, 0.2) is 21.7 Å². The second-order valence-corrected chi connectivity index (χ2v) is 6.47. The number of hydrogen-bond acceptors (Lipinski definition) is 3. The summed E-state index contributed by atoms with van der Waals surface area (Å²) in [6, 6.07) is 3.90. The Labute approximate surface area is 119 Å². The summed E-state index contributed by atoms with van der Waals surface area (Å²) in [7, 11) is 0. The molecule has 0 bridgehead atoms. The van der Waals surface area contributed by atoms with Gasteiger partial charge in [-0.2, -0.15) is 0 Å². The highest BCUT2D eigenvalue weighted by Gasteiger charge is 2.16. The topological polar surface area (TPSA) is 54.9 Å². The molecular weight excluding hydrogens is 284 g/mol. The van der Waals surface area contributed by atoms with Gasteiger partial charge in [-0.15, -0.1) is 11.3 Å². The van der Waals surface area contributed by atoms with E-state index in [1.165, 1.54) is 4.57 Å². The van der Waals surface area contributed by atoms with Crippen molar-refractivity contribution in [1.29, 1.82) is 0 Å². The monoisotopic (exact) mass is 298 g/mol. The minimum absolute atomic E-state index is 0.0341. The number of nitrogens with one attached hydrogen (secondary N) is 1. The fraction of sp³-hybridized carbons (Fsp3) is 0.385. The maximum atomic E-state index is 12.3. The Hall–Kier alpha value is -1.33. The summed E-state index contributed by atoms with van der Waals surface area (Å²) < 4.78 is 1.20. The van der Waals surface area contributed by atoms with Crippen molar-refractivity contribution in [3.05, 3.63) is 53.4 Å². The van der Waals surface area contributed by atoms with Crippen LogP contribution in [0.3, 0.4) is 0 Å². The highest BCUT2D eigenvalue weighted by molar-refractivity contribution is 7.11. The summed E-state index contributed by atoms with van der Waals surface area (Å²) in [6.07, 6.45) is 0. The number of nitrogens with zero attached hydrogens (tertiary/aromatic N) is 1. The molecule has 0 aliphatic carbocycles. The Morgan fingerprint density at radius 2 is 2.05 bits per heavy atom. The van der Waals surface area contributed by atoms with Gasteiger partial charge in [0, 0.05) is 9.75 Å². The smallest absolute Gasteiger partial charge is 0.297 e. The van der Waals surface area contributed by atoms with E-state index in [0.717, 1.165) is 9.75 Å². The second kappa shape index (κ2) is 5.35. The van der Waals surface area contributed by atoms with E-state index in [2.05, 4.69) is 4.98 Å². The lowest BCUT2D eigenvalue weighted by atomic mass is 10.1. The third-order valence-corrected chi connectivity index (χ3v) is 4.14. The van der Waals surface area contributed by atoms with Crippen molar-refractivity contribution in [2.75, 3.05) is 0 Å². The van der Waals surface area contributed by atoms with Crippen molar-refractivity contribution < 1.29 is 0 Å². The minimum Gasteiger partial charge on any atom is -0.297 e. The van der Waals surface area contributed by atoms with Crippen LogP contribution in [0.5, 0.6) is 0 Å². The summed E-state index contributed by atoms with van der Waals surface area (Å²) >= 11 is 7.52. The summed E-state index contributed by atoms with van der Waals surface area (Å²) in [5.41, 5.74) is -0.324. The Balaban J connectivity index is 2.55. The van der Waals surface area contributed by atoms with Gasteiger partial charge in [-0.3, -0.25) is 14.3 Å². The molecule has 0 radical (unpaired) electrons. The fourth-order valence-electron chi connectivity index (χ4n) is 1.93. The Morgan fingerprint density at radius 3 is 2.58 bits per heavy atom. The lowest BCUT2D eigenvalue weighted by molar-refractivity contribution is 0.676. The second-order valence-electron chi connectivity index (χ2n) is 4.72. The molecule has 2 rings (SSSR count). The van der Waals surface area contributed by atoms with Crippen molar-refractivity contribution in [2.24, 2.45) is 0 Å². The van der Waals surface area contributed by atoms with E-state index in [9.17, 15) is 9.59 Å². The molecule has 1 N–H and O–H groups in total. The van der Waals surface area contributed by atoms with E-state index >= 15 is 0 Å². The van der Waals surface area contributed by atoms with Crippen molar-refractivity contribution in [3.63, 3.8) is 0 Å². The van der Waals surface area contributed by atoms with Gasteiger partial charge in [-0.25, -0.2) is 4.79 Å². The first-order valence-electron chi connectivity index (χ1n) is 5.98. The van der Waals surface area contributed by atoms with Crippen LogP contribution >= 0.6 is 22.9 Å². The number of rotatable bonds is 3. The molecule has 0 amide bonds. The van der Waals surface area contributed by atoms with Crippen LogP contribution in [-0.2, 0) is 6.54 Å². The van der Waals surface area contributed by atoms with Crippen LogP contribution in [0.2, 0.25) is 5.15 Å². The lowest BCUT2D eigenvalue weighted by Gasteiger charge is -2.10. The highest BCUT2D eigenvalue weighted by Crippen LogP contribution is 2.18. The number of thiophene rings is 1. The molecule has 0 saturated carbocycles. The summed E-state index contributed by atoms with van der Waals surface area (Å²) in [4.78, 5) is 28.9. The van der Waals surface area contributed by atoms with Crippen LogP contribution in [0.1, 0.15) is 35.1 Å². The summed E-state index contributed by atoms with van der Waals surface area (Å²) in [6.45, 7) is 6.02. The van der Waals surface area contributed by atoms with Crippen LogP contribution in [0, 0.1) is 6.92 Å². The van der Waals surface area contributed by atoms with Gasteiger partial charge in [-0.05, 0) is 25.0 Å². The van der Waals surface area contributed by atoms with Gasteiger partial charge in [0.15, 0.2) is 0 Å². The number of halogens is 1. The number of aryl methyl sites for hydroxylation is 1. The molecule has 2 aromatic rings. The lowest BCUT2D eigenvalue weighted by Crippen LogP contribution is -2.37. The van der Waals surface area contributed by atoms with Crippen LogP contribution < -0.4 is 11.2 Å². The fourth-order valence-corrected chi connectivity index (χ4v) is 3.19. The van der Waals surface area contributed by atoms with Crippen LogP contribution in [0.25, 0.3) is 0 Å². The molecule has 0 unspecified atom stereocenters. The molecule has 19 heavy (non-hydrogen) atoms. The standard InChI is InChI=1S/C13H15ClN2O2S/c1-7(2)10-11(14)15-13(18)16(12(10)17)6-9-5-4-8(3)19-9/h4-5,7H,6H2,1-3H3,(H,15,18). The van der Waals surface area contributed by atoms with E-state index in [4.69, 9.17) is 11.6 Å². The molecule has 0 saturated heterocycles. The molecule has 102 valence electrons. The highest BCUT2D eigenvalue weighted by atomic mass is 35.5. The molecule has 2 aromatic heterocycles. The predicted molar refractivity (Wildman–Crippen MR) is 78.6 cm³/mol. The Kier molecular flexibility index (Phi) is 3.96. The molecule has 0 aliphatic rings. The maximum Gasteiger partial charge on any atom is 0.329 e. The molecule has 0 aliphatic heterocycles. The van der Waals surface area contributed by atoms with E-state index < -0.39 is 5.69 Å². The normalized spacial score (nSPS) is 11.2. The minimum atomic E-state index is -0.467. The first-order valence-corrected chi connectivity index (χ1v) is 7.17. The maximum absolute atomic E-state index is 12.3. The molecular formula is C13H15ClN2O2S. The molecule has 0 aromatic carbocycles. The van der Waals surface area contributed by atoms with Gasteiger partial charge >= 0.3 is 5.69 Å². The molecule has 2 heterocycles.